The standard InChI is InChI=1S/C39H65ClO6Si2/c1-15-16-19-28(2)33(45-47(11,12)38(3,4)5)25-24-30-34(46-48(13,14)39(6,7)8)26-32(40)36(30)31-22-17-20-29(37(31)44-27-42-9)21-18-23-35(41)43-10/h17,20,22,24-25,28,30,32-34,36H,18-19,21,23,26-27H2,1-14H3/b25-24+. The normalized spacial score (nSPS) is 21.9. The minimum atomic E-state index is -2.14. The van der Waals surface area contributed by atoms with Crippen molar-refractivity contribution in [1.82, 2.24) is 0 Å². The van der Waals surface area contributed by atoms with E-state index in [1.54, 1.807) is 7.11 Å². The van der Waals surface area contributed by atoms with E-state index >= 15 is 0 Å². The van der Waals surface area contributed by atoms with Gasteiger partial charge in [0.25, 0.3) is 0 Å². The van der Waals surface area contributed by atoms with E-state index in [4.69, 9.17) is 34.7 Å². The van der Waals surface area contributed by atoms with E-state index in [2.05, 4.69) is 117 Å². The molecule has 9 heteroatoms. The Bertz CT molecular complexity index is 1270. The van der Waals surface area contributed by atoms with Gasteiger partial charge in [0.15, 0.2) is 23.4 Å². The molecule has 272 valence electrons. The largest absolute Gasteiger partial charge is 0.469 e. The fourth-order valence-corrected chi connectivity index (χ4v) is 8.88. The number of rotatable bonds is 16. The number of esters is 1. The Hall–Kier alpha value is -1.61. The highest BCUT2D eigenvalue weighted by atomic mass is 35.5. The molecule has 0 amide bonds. The molecule has 2 rings (SSSR count). The first-order valence-electron chi connectivity index (χ1n) is 17.6. The average molecular weight is 722 g/mol. The van der Waals surface area contributed by atoms with Crippen LogP contribution in [0.15, 0.2) is 30.4 Å². The smallest absolute Gasteiger partial charge is 0.305 e. The molecule has 0 aromatic heterocycles. The van der Waals surface area contributed by atoms with E-state index in [1.165, 1.54) is 7.11 Å². The number of carbonyl (C=O) groups is 1. The molecule has 48 heavy (non-hydrogen) atoms. The fourth-order valence-electron chi connectivity index (χ4n) is 5.69. The van der Waals surface area contributed by atoms with Crippen molar-refractivity contribution in [3.05, 3.63) is 41.5 Å². The molecule has 1 aromatic rings. The highest BCUT2D eigenvalue weighted by Gasteiger charge is 2.49. The molecule has 0 N–H and O–H groups in total. The number of hydrogen-bond acceptors (Lipinski definition) is 6. The van der Waals surface area contributed by atoms with Crippen LogP contribution in [0.25, 0.3) is 0 Å². The molecular weight excluding hydrogens is 656 g/mol. The number of halogens is 1. The zero-order valence-corrected chi connectivity index (χ0v) is 35.2. The molecular formula is C39H65ClO6Si2. The lowest BCUT2D eigenvalue weighted by molar-refractivity contribution is -0.140. The van der Waals surface area contributed by atoms with E-state index in [0.29, 0.717) is 19.3 Å². The lowest BCUT2D eigenvalue weighted by Gasteiger charge is -2.41. The Balaban J connectivity index is 2.70. The Morgan fingerprint density at radius 2 is 1.71 bits per heavy atom. The molecule has 6 atom stereocenters. The van der Waals surface area contributed by atoms with Crippen LogP contribution in [0.5, 0.6) is 5.75 Å². The summed E-state index contributed by atoms with van der Waals surface area (Å²) in [7, 11) is -1.18. The molecule has 0 spiro atoms. The van der Waals surface area contributed by atoms with Gasteiger partial charge in [-0.2, -0.15) is 0 Å². The number of carbonyl (C=O) groups excluding carboxylic acids is 1. The van der Waals surface area contributed by atoms with Crippen LogP contribution >= 0.6 is 11.6 Å². The SMILES string of the molecule is CC#CCC(C)C(/C=C/C1C(O[Si](C)(C)C(C)(C)C)CC(Cl)C1c1cccc(CCCC(=O)OC)c1OCOC)O[Si](C)(C)C(C)(C)C. The van der Waals surface area contributed by atoms with Gasteiger partial charge < -0.3 is 23.1 Å². The van der Waals surface area contributed by atoms with Gasteiger partial charge in [-0.15, -0.1) is 23.4 Å². The Morgan fingerprint density at radius 1 is 1.06 bits per heavy atom. The zero-order chi connectivity index (χ0) is 36.5. The third kappa shape index (κ3) is 11.5. The topological polar surface area (TPSA) is 63.2 Å². The highest BCUT2D eigenvalue weighted by Crippen LogP contribution is 2.51. The van der Waals surface area contributed by atoms with Crippen LogP contribution in [0, 0.1) is 23.7 Å². The molecule has 1 aliphatic carbocycles. The van der Waals surface area contributed by atoms with Gasteiger partial charge in [0.2, 0.25) is 0 Å². The van der Waals surface area contributed by atoms with Gasteiger partial charge in [0.05, 0.1) is 19.3 Å². The fraction of sp³-hybridized carbons (Fsp3) is 0.718. The summed E-state index contributed by atoms with van der Waals surface area (Å²) in [6, 6.07) is 6.27. The van der Waals surface area contributed by atoms with Gasteiger partial charge >= 0.3 is 5.97 Å². The summed E-state index contributed by atoms with van der Waals surface area (Å²) < 4.78 is 30.9. The first kappa shape index (κ1) is 42.6. The van der Waals surface area contributed by atoms with E-state index in [-0.39, 0.29) is 58.2 Å². The van der Waals surface area contributed by atoms with Crippen molar-refractivity contribution in [3.63, 3.8) is 0 Å². The van der Waals surface area contributed by atoms with Crippen molar-refractivity contribution in [2.45, 2.75) is 147 Å². The van der Waals surface area contributed by atoms with Crippen LogP contribution in [0.1, 0.15) is 98.1 Å². The number of methoxy groups -OCH3 is 2. The molecule has 0 aliphatic heterocycles. The summed E-state index contributed by atoms with van der Waals surface area (Å²) in [5, 5.41) is -0.0513. The van der Waals surface area contributed by atoms with Crippen molar-refractivity contribution in [2.24, 2.45) is 11.8 Å². The van der Waals surface area contributed by atoms with Crippen LogP contribution in [0.2, 0.25) is 36.3 Å². The first-order chi connectivity index (χ1) is 22.2. The van der Waals surface area contributed by atoms with Crippen LogP contribution in [-0.4, -0.2) is 61.2 Å². The van der Waals surface area contributed by atoms with E-state index < -0.39 is 16.6 Å². The molecule has 0 bridgehead atoms. The number of benzene rings is 1. The van der Waals surface area contributed by atoms with Gasteiger partial charge in [-0.05, 0) is 79.5 Å². The molecule has 1 aromatic carbocycles. The van der Waals surface area contributed by atoms with Crippen molar-refractivity contribution in [3.8, 4) is 17.6 Å². The number of ether oxygens (including phenoxy) is 3. The van der Waals surface area contributed by atoms with Crippen molar-refractivity contribution in [2.75, 3.05) is 21.0 Å². The van der Waals surface area contributed by atoms with E-state index in [9.17, 15) is 4.79 Å². The average Bonchev–Trinajstić information content (AvgIpc) is 3.28. The van der Waals surface area contributed by atoms with E-state index in [1.807, 2.05) is 6.92 Å². The van der Waals surface area contributed by atoms with Gasteiger partial charge in [-0.1, -0.05) is 78.8 Å². The summed E-state index contributed by atoms with van der Waals surface area (Å²) in [6.07, 6.45) is 7.63. The van der Waals surface area contributed by atoms with Gasteiger partial charge in [-0.25, -0.2) is 0 Å². The van der Waals surface area contributed by atoms with Gasteiger partial charge in [0, 0.05) is 37.2 Å². The predicted octanol–water partition coefficient (Wildman–Crippen LogP) is 10.3. The number of para-hydroxylation sites is 1. The molecule has 6 nitrogen and oxygen atoms in total. The summed E-state index contributed by atoms with van der Waals surface area (Å²) in [4.78, 5) is 11.9. The minimum absolute atomic E-state index is 0.00758. The number of aryl methyl sites for hydroxylation is 1. The van der Waals surface area contributed by atoms with Crippen molar-refractivity contribution < 1.29 is 27.9 Å². The Morgan fingerprint density at radius 3 is 2.27 bits per heavy atom. The van der Waals surface area contributed by atoms with Crippen LogP contribution < -0.4 is 4.74 Å². The maximum Gasteiger partial charge on any atom is 0.305 e. The Labute approximate surface area is 300 Å². The van der Waals surface area contributed by atoms with Crippen molar-refractivity contribution >= 4 is 34.2 Å². The lowest BCUT2D eigenvalue weighted by Crippen LogP contribution is -2.45. The second-order valence-corrected chi connectivity index (χ2v) is 26.5. The molecule has 6 unspecified atom stereocenters. The maximum absolute atomic E-state index is 11.9. The predicted molar refractivity (Wildman–Crippen MR) is 205 cm³/mol. The molecule has 1 aliphatic rings. The highest BCUT2D eigenvalue weighted by molar-refractivity contribution is 6.74. The quantitative estimate of drug-likeness (QED) is 0.0423. The Kier molecular flexibility index (Phi) is 16.0. The van der Waals surface area contributed by atoms with Crippen LogP contribution in [0.4, 0.5) is 0 Å². The second kappa shape index (κ2) is 18.1. The second-order valence-electron chi connectivity index (χ2n) is 16.4. The molecule has 0 heterocycles. The third-order valence-electron chi connectivity index (χ3n) is 10.7. The lowest BCUT2D eigenvalue weighted by atomic mass is 9.85. The summed E-state index contributed by atoms with van der Waals surface area (Å²) in [5.74, 6) is 7.08. The molecule has 1 saturated carbocycles. The monoisotopic (exact) mass is 720 g/mol. The van der Waals surface area contributed by atoms with E-state index in [0.717, 1.165) is 29.7 Å². The zero-order valence-electron chi connectivity index (χ0n) is 32.4. The molecule has 0 saturated heterocycles. The van der Waals surface area contributed by atoms with Gasteiger partial charge in [-0.3, -0.25) is 4.79 Å². The third-order valence-corrected chi connectivity index (χ3v) is 20.2. The van der Waals surface area contributed by atoms with Crippen LogP contribution in [-0.2, 0) is 29.5 Å². The summed E-state index contributed by atoms with van der Waals surface area (Å²) >= 11 is 7.39. The first-order valence-corrected chi connectivity index (χ1v) is 23.8. The van der Waals surface area contributed by atoms with Crippen molar-refractivity contribution in [1.29, 1.82) is 0 Å². The number of alkyl halides is 1. The molecule has 1 fully saturated rings. The van der Waals surface area contributed by atoms with Crippen LogP contribution in [0.3, 0.4) is 0 Å². The summed E-state index contributed by atoms with van der Waals surface area (Å²) in [6.45, 7) is 27.2. The maximum atomic E-state index is 11.9. The minimum Gasteiger partial charge on any atom is -0.469 e. The molecule has 0 radical (unpaired) electrons. The van der Waals surface area contributed by atoms with Gasteiger partial charge in [0.1, 0.15) is 5.75 Å². The summed E-state index contributed by atoms with van der Waals surface area (Å²) in [5.41, 5.74) is 2.07. The number of hydrogen-bond donors (Lipinski definition) is 0.